The molecule has 0 fully saturated rings. The zero-order chi connectivity index (χ0) is 27.1. The van der Waals surface area contributed by atoms with E-state index in [0.29, 0.717) is 40.7 Å². The maximum atomic E-state index is 12.4. The molecule has 0 aromatic heterocycles. The van der Waals surface area contributed by atoms with Gasteiger partial charge >= 0.3 is 5.97 Å². The van der Waals surface area contributed by atoms with Crippen molar-refractivity contribution in [1.82, 2.24) is 0 Å². The van der Waals surface area contributed by atoms with Crippen molar-refractivity contribution in [2.75, 3.05) is 7.11 Å². The van der Waals surface area contributed by atoms with Gasteiger partial charge in [0, 0.05) is 22.3 Å². The van der Waals surface area contributed by atoms with Crippen molar-refractivity contribution in [3.63, 3.8) is 0 Å². The van der Waals surface area contributed by atoms with E-state index in [4.69, 9.17) is 4.74 Å². The SMILES string of the molecule is COC(=O)c1cc(C(C)(C)C)c(O)c(C(C)(C)CCC(C)(C)c2cc(O)cc(C(C)(C)C)c2O)c1. The van der Waals surface area contributed by atoms with Crippen molar-refractivity contribution in [3.8, 4) is 17.2 Å². The maximum absolute atomic E-state index is 12.4. The summed E-state index contributed by atoms with van der Waals surface area (Å²) < 4.78 is 4.97. The predicted molar refractivity (Wildman–Crippen MR) is 142 cm³/mol. The minimum atomic E-state index is -0.481. The van der Waals surface area contributed by atoms with E-state index in [0.717, 1.165) is 0 Å². The van der Waals surface area contributed by atoms with Gasteiger partial charge in [-0.15, -0.1) is 0 Å². The second-order valence-corrected chi connectivity index (χ2v) is 13.1. The van der Waals surface area contributed by atoms with Gasteiger partial charge in [-0.3, -0.25) is 0 Å². The molecule has 3 N–H and O–H groups in total. The molecule has 0 radical (unpaired) electrons. The first-order valence-electron chi connectivity index (χ1n) is 12.3. The topological polar surface area (TPSA) is 87.0 Å². The van der Waals surface area contributed by atoms with E-state index < -0.39 is 16.8 Å². The summed E-state index contributed by atoms with van der Waals surface area (Å²) in [6.07, 6.45) is 1.34. The van der Waals surface area contributed by atoms with Crippen LogP contribution in [-0.2, 0) is 26.4 Å². The lowest BCUT2D eigenvalue weighted by Gasteiger charge is -2.35. The van der Waals surface area contributed by atoms with E-state index in [1.165, 1.54) is 7.11 Å². The molecule has 194 valence electrons. The van der Waals surface area contributed by atoms with Gasteiger partial charge in [-0.1, -0.05) is 69.2 Å². The first kappa shape index (κ1) is 28.5. The zero-order valence-electron chi connectivity index (χ0n) is 23.4. The van der Waals surface area contributed by atoms with Gasteiger partial charge < -0.3 is 20.1 Å². The number of aromatic hydroxyl groups is 3. The minimum Gasteiger partial charge on any atom is -0.508 e. The lowest BCUT2D eigenvalue weighted by Crippen LogP contribution is -2.26. The Labute approximate surface area is 211 Å². The third-order valence-corrected chi connectivity index (χ3v) is 7.07. The number of carbonyl (C=O) groups excluding carboxylic acids is 1. The molecule has 0 aliphatic rings. The van der Waals surface area contributed by atoms with Crippen LogP contribution in [0.3, 0.4) is 0 Å². The van der Waals surface area contributed by atoms with Crippen LogP contribution in [0, 0.1) is 0 Å². The van der Waals surface area contributed by atoms with Crippen LogP contribution in [0.4, 0.5) is 0 Å². The number of hydrogen-bond acceptors (Lipinski definition) is 5. The van der Waals surface area contributed by atoms with Crippen LogP contribution in [0.2, 0.25) is 0 Å². The minimum absolute atomic E-state index is 0.133. The van der Waals surface area contributed by atoms with Crippen LogP contribution < -0.4 is 0 Å². The molecule has 0 amide bonds. The number of rotatable bonds is 6. The molecule has 2 aromatic rings. The normalized spacial score (nSPS) is 13.1. The highest BCUT2D eigenvalue weighted by molar-refractivity contribution is 5.90. The van der Waals surface area contributed by atoms with Gasteiger partial charge in [-0.05, 0) is 58.8 Å². The molecule has 0 unspecified atom stereocenters. The Bertz CT molecular complexity index is 1100. The summed E-state index contributed by atoms with van der Waals surface area (Å²) >= 11 is 0. The van der Waals surface area contributed by atoms with Crippen molar-refractivity contribution in [2.45, 2.75) is 104 Å². The summed E-state index contributed by atoms with van der Waals surface area (Å²) in [5.41, 5.74) is 1.58. The van der Waals surface area contributed by atoms with Gasteiger partial charge in [-0.2, -0.15) is 0 Å². The summed E-state index contributed by atoms with van der Waals surface area (Å²) in [7, 11) is 1.35. The number of phenols is 3. The standard InChI is InChI=1S/C30H44O5/c1-27(2,3)20-14-18(26(34)35-11)15-22(24(20)32)29(7,8)12-13-30(9,10)23-17-19(31)16-21(25(23)33)28(4,5)6/h14-17,31-33H,12-13H2,1-11H3. The quantitative estimate of drug-likeness (QED) is 0.298. The highest BCUT2D eigenvalue weighted by atomic mass is 16.5. The molecule has 0 spiro atoms. The lowest BCUT2D eigenvalue weighted by molar-refractivity contribution is 0.0600. The number of esters is 1. The fraction of sp³-hybridized carbons (Fsp3) is 0.567. The molecule has 0 aliphatic heterocycles. The van der Waals surface area contributed by atoms with Gasteiger partial charge in [0.15, 0.2) is 0 Å². The van der Waals surface area contributed by atoms with Gasteiger partial charge in [0.1, 0.15) is 17.2 Å². The smallest absolute Gasteiger partial charge is 0.337 e. The third kappa shape index (κ3) is 6.12. The first-order chi connectivity index (χ1) is 15.7. The molecule has 0 heterocycles. The van der Waals surface area contributed by atoms with Crippen LogP contribution in [-0.4, -0.2) is 28.4 Å². The number of carbonyl (C=O) groups is 1. The van der Waals surface area contributed by atoms with Gasteiger partial charge in [0.25, 0.3) is 0 Å². The number of ether oxygens (including phenoxy) is 1. The predicted octanol–water partition coefficient (Wildman–Crippen LogP) is 7.22. The van der Waals surface area contributed by atoms with E-state index in [1.54, 1.807) is 24.3 Å². The Morgan fingerprint density at radius 1 is 0.657 bits per heavy atom. The number of methoxy groups -OCH3 is 1. The summed E-state index contributed by atoms with van der Waals surface area (Å²) in [6.45, 7) is 20.2. The summed E-state index contributed by atoms with van der Waals surface area (Å²) in [5.74, 6) is 0.104. The number of phenolic OH excluding ortho intramolecular Hbond substituents is 3. The number of hydrogen-bond donors (Lipinski definition) is 3. The molecular weight excluding hydrogens is 440 g/mol. The van der Waals surface area contributed by atoms with E-state index >= 15 is 0 Å². The molecule has 2 aromatic carbocycles. The first-order valence-corrected chi connectivity index (χ1v) is 12.3. The van der Waals surface area contributed by atoms with E-state index in [9.17, 15) is 20.1 Å². The average molecular weight is 485 g/mol. The molecule has 0 aliphatic carbocycles. The van der Waals surface area contributed by atoms with Crippen LogP contribution in [0.1, 0.15) is 115 Å². The van der Waals surface area contributed by atoms with Crippen molar-refractivity contribution in [1.29, 1.82) is 0 Å². The highest BCUT2D eigenvalue weighted by Gasteiger charge is 2.35. The molecule has 0 saturated heterocycles. The second-order valence-electron chi connectivity index (χ2n) is 13.1. The highest BCUT2D eigenvalue weighted by Crippen LogP contribution is 2.47. The van der Waals surface area contributed by atoms with Gasteiger partial charge in [-0.25, -0.2) is 4.79 Å². The van der Waals surface area contributed by atoms with Crippen LogP contribution in [0.5, 0.6) is 17.2 Å². The van der Waals surface area contributed by atoms with E-state index in [-0.39, 0.29) is 28.1 Å². The molecule has 2 rings (SSSR count). The Hall–Kier alpha value is -2.69. The van der Waals surface area contributed by atoms with Crippen molar-refractivity contribution >= 4 is 5.97 Å². The van der Waals surface area contributed by atoms with Crippen LogP contribution in [0.15, 0.2) is 24.3 Å². The second kappa shape index (κ2) is 9.40. The van der Waals surface area contributed by atoms with Gasteiger partial charge in [0.2, 0.25) is 0 Å². The largest absolute Gasteiger partial charge is 0.508 e. The molecule has 5 heteroatoms. The monoisotopic (exact) mass is 484 g/mol. The third-order valence-electron chi connectivity index (χ3n) is 7.07. The number of benzene rings is 2. The maximum Gasteiger partial charge on any atom is 0.337 e. The Kier molecular flexibility index (Phi) is 7.67. The van der Waals surface area contributed by atoms with Crippen LogP contribution >= 0.6 is 0 Å². The molecule has 0 atom stereocenters. The van der Waals surface area contributed by atoms with Crippen molar-refractivity contribution in [3.05, 3.63) is 52.1 Å². The average Bonchev–Trinajstić information content (AvgIpc) is 2.71. The van der Waals surface area contributed by atoms with Gasteiger partial charge in [0.05, 0.1) is 12.7 Å². The summed E-state index contributed by atoms with van der Waals surface area (Å²) in [6, 6.07) is 6.71. The molecule has 5 nitrogen and oxygen atoms in total. The fourth-order valence-corrected chi connectivity index (χ4v) is 4.56. The Morgan fingerprint density at radius 3 is 1.40 bits per heavy atom. The molecule has 0 bridgehead atoms. The van der Waals surface area contributed by atoms with E-state index in [1.807, 2.05) is 41.5 Å². The summed E-state index contributed by atoms with van der Waals surface area (Å²) in [4.78, 5) is 12.4. The zero-order valence-corrected chi connectivity index (χ0v) is 23.4. The fourth-order valence-electron chi connectivity index (χ4n) is 4.56. The lowest BCUT2D eigenvalue weighted by atomic mass is 9.70. The summed E-state index contributed by atoms with van der Waals surface area (Å²) in [5, 5.41) is 32.8. The van der Waals surface area contributed by atoms with Crippen LogP contribution in [0.25, 0.3) is 0 Å². The van der Waals surface area contributed by atoms with E-state index in [2.05, 4.69) is 27.7 Å². The molecule has 0 saturated carbocycles. The Morgan fingerprint density at radius 2 is 1.00 bits per heavy atom. The molecule has 35 heavy (non-hydrogen) atoms. The van der Waals surface area contributed by atoms with Crippen molar-refractivity contribution in [2.24, 2.45) is 0 Å². The Balaban J connectivity index is 2.52. The van der Waals surface area contributed by atoms with Crippen molar-refractivity contribution < 1.29 is 24.9 Å². The molecular formula is C30H44O5.